The van der Waals surface area contributed by atoms with Crippen LogP contribution in [-0.4, -0.2) is 13.6 Å². The van der Waals surface area contributed by atoms with Gasteiger partial charge in [-0.3, -0.25) is 0 Å². The molecular weight excluding hydrogens is 244 g/mol. The first kappa shape index (κ1) is 14.6. The Kier molecular flexibility index (Phi) is 5.19. The molecule has 2 aromatic rings. The molecule has 2 heteroatoms. The molecule has 0 unspecified atom stereocenters. The van der Waals surface area contributed by atoms with Gasteiger partial charge in [0.15, 0.2) is 0 Å². The average Bonchev–Trinajstić information content (AvgIpc) is 2.47. The number of aryl methyl sites for hydroxylation is 2. The first-order chi connectivity index (χ1) is 9.72. The first-order valence-corrected chi connectivity index (χ1v) is 7.26. The fraction of sp³-hybridized carbons (Fsp3) is 0.333. The van der Waals surface area contributed by atoms with Crippen molar-refractivity contribution < 1.29 is 0 Å². The molecule has 2 rings (SSSR count). The molecule has 0 spiro atoms. The number of nitrogens with two attached hydrogens (primary N) is 1. The summed E-state index contributed by atoms with van der Waals surface area (Å²) in [6.07, 6.45) is 2.27. The largest absolute Gasteiger partial charge is 0.374 e. The van der Waals surface area contributed by atoms with Crippen molar-refractivity contribution in [1.82, 2.24) is 0 Å². The molecule has 0 aliphatic carbocycles. The van der Waals surface area contributed by atoms with Crippen molar-refractivity contribution in [2.45, 2.75) is 26.3 Å². The predicted octanol–water partition coefficient (Wildman–Crippen LogP) is 3.52. The Morgan fingerprint density at radius 1 is 1.00 bits per heavy atom. The number of anilines is 1. The van der Waals surface area contributed by atoms with Crippen molar-refractivity contribution in [2.75, 3.05) is 18.5 Å². The van der Waals surface area contributed by atoms with Gasteiger partial charge >= 0.3 is 0 Å². The Morgan fingerprint density at radius 2 is 1.75 bits per heavy atom. The zero-order valence-electron chi connectivity index (χ0n) is 12.5. The third-order valence-corrected chi connectivity index (χ3v) is 3.72. The Morgan fingerprint density at radius 3 is 2.45 bits per heavy atom. The van der Waals surface area contributed by atoms with Gasteiger partial charge in [0.2, 0.25) is 0 Å². The number of hydrogen-bond acceptors (Lipinski definition) is 2. The molecule has 0 heterocycles. The fourth-order valence-corrected chi connectivity index (χ4v) is 2.71. The lowest BCUT2D eigenvalue weighted by Crippen LogP contribution is -2.22. The first-order valence-electron chi connectivity index (χ1n) is 7.26. The van der Waals surface area contributed by atoms with Gasteiger partial charge in [-0.05, 0) is 36.5 Å². The molecule has 0 fully saturated rings. The molecular formula is C18H24N2. The molecule has 2 nitrogen and oxygen atoms in total. The average molecular weight is 268 g/mol. The maximum Gasteiger partial charge on any atom is 0.0438 e. The highest BCUT2D eigenvalue weighted by atomic mass is 15.1. The minimum Gasteiger partial charge on any atom is -0.374 e. The van der Waals surface area contributed by atoms with E-state index < -0.39 is 0 Å². The second kappa shape index (κ2) is 7.11. The van der Waals surface area contributed by atoms with Crippen LogP contribution in [0.3, 0.4) is 0 Å². The van der Waals surface area contributed by atoms with E-state index in [4.69, 9.17) is 5.73 Å². The minimum atomic E-state index is 0.597. The third-order valence-electron chi connectivity index (χ3n) is 3.72. The summed E-state index contributed by atoms with van der Waals surface area (Å²) in [4.78, 5) is 2.33. The molecule has 0 amide bonds. The van der Waals surface area contributed by atoms with Gasteiger partial charge < -0.3 is 10.6 Å². The molecule has 0 saturated carbocycles. The van der Waals surface area contributed by atoms with Gasteiger partial charge in [-0.25, -0.2) is 0 Å². The third kappa shape index (κ3) is 3.61. The number of para-hydroxylation sites is 1. The van der Waals surface area contributed by atoms with Crippen molar-refractivity contribution in [1.29, 1.82) is 0 Å². The lowest BCUT2D eigenvalue weighted by Gasteiger charge is -2.24. The minimum absolute atomic E-state index is 0.597. The van der Waals surface area contributed by atoms with Crippen LogP contribution in [0.5, 0.6) is 0 Å². The van der Waals surface area contributed by atoms with E-state index in [-0.39, 0.29) is 0 Å². The van der Waals surface area contributed by atoms with E-state index in [9.17, 15) is 0 Å². The molecule has 106 valence electrons. The SMILES string of the molecule is Cc1cccc(CN)c1N(C)CCCc1ccccc1. The number of nitrogens with zero attached hydrogens (tertiary/aromatic N) is 1. The van der Waals surface area contributed by atoms with Crippen LogP contribution in [0.1, 0.15) is 23.1 Å². The summed E-state index contributed by atoms with van der Waals surface area (Å²) in [6, 6.07) is 17.0. The second-order valence-electron chi connectivity index (χ2n) is 5.30. The number of benzene rings is 2. The van der Waals surface area contributed by atoms with Gasteiger partial charge in [0, 0.05) is 25.8 Å². The summed E-state index contributed by atoms with van der Waals surface area (Å²) < 4.78 is 0. The number of rotatable bonds is 6. The van der Waals surface area contributed by atoms with Crippen LogP contribution in [0.15, 0.2) is 48.5 Å². The smallest absolute Gasteiger partial charge is 0.0438 e. The standard InChI is InChI=1S/C18H24N2/c1-15-8-6-12-17(14-19)18(15)20(2)13-7-11-16-9-4-3-5-10-16/h3-6,8-10,12H,7,11,13-14,19H2,1-2H3. The van der Waals surface area contributed by atoms with Crippen molar-refractivity contribution >= 4 is 5.69 Å². The van der Waals surface area contributed by atoms with Crippen LogP contribution < -0.4 is 10.6 Å². The zero-order valence-corrected chi connectivity index (χ0v) is 12.5. The summed E-state index contributed by atoms with van der Waals surface area (Å²) in [5, 5.41) is 0. The molecule has 0 aliphatic heterocycles. The summed E-state index contributed by atoms with van der Waals surface area (Å²) in [6.45, 7) is 3.80. The fourth-order valence-electron chi connectivity index (χ4n) is 2.71. The summed E-state index contributed by atoms with van der Waals surface area (Å²) >= 11 is 0. The maximum atomic E-state index is 5.85. The van der Waals surface area contributed by atoms with Gasteiger partial charge in [-0.15, -0.1) is 0 Å². The molecule has 0 atom stereocenters. The summed E-state index contributed by atoms with van der Waals surface area (Å²) in [7, 11) is 2.16. The Balaban J connectivity index is 1.97. The summed E-state index contributed by atoms with van der Waals surface area (Å²) in [5.41, 5.74) is 11.1. The van der Waals surface area contributed by atoms with Gasteiger partial charge in [0.25, 0.3) is 0 Å². The van der Waals surface area contributed by atoms with Gasteiger partial charge in [-0.1, -0.05) is 48.5 Å². The molecule has 20 heavy (non-hydrogen) atoms. The highest BCUT2D eigenvalue weighted by Gasteiger charge is 2.09. The lowest BCUT2D eigenvalue weighted by atomic mass is 10.1. The van der Waals surface area contributed by atoms with Gasteiger partial charge in [-0.2, -0.15) is 0 Å². The predicted molar refractivity (Wildman–Crippen MR) is 87.1 cm³/mol. The van der Waals surface area contributed by atoms with E-state index in [0.29, 0.717) is 6.54 Å². The van der Waals surface area contributed by atoms with E-state index in [2.05, 4.69) is 67.4 Å². The van der Waals surface area contributed by atoms with Crippen LogP contribution in [0.2, 0.25) is 0 Å². The zero-order chi connectivity index (χ0) is 14.4. The van der Waals surface area contributed by atoms with Crippen LogP contribution in [-0.2, 0) is 13.0 Å². The Hall–Kier alpha value is -1.80. The topological polar surface area (TPSA) is 29.3 Å². The van der Waals surface area contributed by atoms with E-state index >= 15 is 0 Å². The molecule has 2 N–H and O–H groups in total. The normalized spacial score (nSPS) is 10.6. The Bertz CT molecular complexity index is 534. The van der Waals surface area contributed by atoms with Crippen LogP contribution in [0.25, 0.3) is 0 Å². The Labute approximate surface area is 122 Å². The monoisotopic (exact) mass is 268 g/mol. The maximum absolute atomic E-state index is 5.85. The molecule has 0 saturated heterocycles. The highest BCUT2D eigenvalue weighted by molar-refractivity contribution is 5.58. The van der Waals surface area contributed by atoms with E-state index in [1.54, 1.807) is 0 Å². The molecule has 0 radical (unpaired) electrons. The lowest BCUT2D eigenvalue weighted by molar-refractivity contribution is 0.779. The molecule has 0 aromatic heterocycles. The number of hydrogen-bond donors (Lipinski definition) is 1. The van der Waals surface area contributed by atoms with E-state index in [0.717, 1.165) is 19.4 Å². The van der Waals surface area contributed by atoms with Crippen LogP contribution >= 0.6 is 0 Å². The van der Waals surface area contributed by atoms with E-state index in [1.165, 1.54) is 22.4 Å². The van der Waals surface area contributed by atoms with Crippen LogP contribution in [0.4, 0.5) is 5.69 Å². The van der Waals surface area contributed by atoms with Gasteiger partial charge in [0.1, 0.15) is 0 Å². The quantitative estimate of drug-likeness (QED) is 0.868. The van der Waals surface area contributed by atoms with Crippen molar-refractivity contribution in [3.63, 3.8) is 0 Å². The van der Waals surface area contributed by atoms with Crippen molar-refractivity contribution in [3.8, 4) is 0 Å². The second-order valence-corrected chi connectivity index (χ2v) is 5.30. The van der Waals surface area contributed by atoms with Crippen LogP contribution in [0, 0.1) is 6.92 Å². The molecule has 2 aromatic carbocycles. The van der Waals surface area contributed by atoms with Crippen molar-refractivity contribution in [3.05, 3.63) is 65.2 Å². The molecule has 0 bridgehead atoms. The highest BCUT2D eigenvalue weighted by Crippen LogP contribution is 2.24. The van der Waals surface area contributed by atoms with Gasteiger partial charge in [0.05, 0.1) is 0 Å². The van der Waals surface area contributed by atoms with Crippen molar-refractivity contribution in [2.24, 2.45) is 5.73 Å². The van der Waals surface area contributed by atoms with E-state index in [1.807, 2.05) is 0 Å². The molecule has 0 aliphatic rings. The summed E-state index contributed by atoms with van der Waals surface area (Å²) in [5.74, 6) is 0.